The Balaban J connectivity index is 1.86. The van der Waals surface area contributed by atoms with Crippen LogP contribution in [0.4, 0.5) is 5.69 Å². The average molecular weight is 487 g/mol. The van der Waals surface area contributed by atoms with E-state index < -0.39 is 10.0 Å². The number of anilines is 1. The van der Waals surface area contributed by atoms with E-state index in [1.54, 1.807) is 30.3 Å². The number of hydrogen-bond donors (Lipinski definition) is 2. The maximum Gasteiger partial charge on any atom is 0.264 e. The molecule has 170 valence electrons. The smallest absolute Gasteiger partial charge is 0.264 e. The van der Waals surface area contributed by atoms with Crippen LogP contribution in [-0.2, 0) is 21.4 Å². The Morgan fingerprint density at radius 1 is 1.19 bits per heavy atom. The quantitative estimate of drug-likeness (QED) is 0.480. The third-order valence-electron chi connectivity index (χ3n) is 5.33. The molecule has 1 fully saturated rings. The van der Waals surface area contributed by atoms with Crippen molar-refractivity contribution in [3.63, 3.8) is 0 Å². The fourth-order valence-electron chi connectivity index (χ4n) is 3.72. The highest BCUT2D eigenvalue weighted by Crippen LogP contribution is 2.33. The maximum absolute atomic E-state index is 13.6. The molecule has 1 unspecified atom stereocenters. The van der Waals surface area contributed by atoms with Gasteiger partial charge >= 0.3 is 0 Å². The Labute approximate surface area is 194 Å². The lowest BCUT2D eigenvalue weighted by atomic mass is 10.1. The highest BCUT2D eigenvalue weighted by atomic mass is 35.5. The lowest BCUT2D eigenvalue weighted by molar-refractivity contribution is 0.0840. The van der Waals surface area contributed by atoms with Gasteiger partial charge in [-0.2, -0.15) is 0 Å². The Hall–Kier alpha value is -1.35. The first kappa shape index (κ1) is 24.3. The predicted octanol–water partition coefficient (Wildman–Crippen LogP) is 4.58. The second-order valence-electron chi connectivity index (χ2n) is 7.63. The number of rotatable bonds is 10. The van der Waals surface area contributed by atoms with Crippen molar-refractivity contribution in [2.24, 2.45) is 0 Å². The fourth-order valence-corrected chi connectivity index (χ4v) is 5.72. The van der Waals surface area contributed by atoms with Crippen LogP contribution in [0.3, 0.4) is 0 Å². The number of sulfonamides is 1. The summed E-state index contributed by atoms with van der Waals surface area (Å²) in [5.41, 5.74) is 0.871. The molecule has 1 saturated heterocycles. The normalized spacial score (nSPS) is 17.6. The first-order chi connectivity index (χ1) is 14.8. The third kappa shape index (κ3) is 6.12. The van der Waals surface area contributed by atoms with Crippen LogP contribution < -0.4 is 9.62 Å². The van der Waals surface area contributed by atoms with E-state index in [-0.39, 0.29) is 23.8 Å². The predicted molar refractivity (Wildman–Crippen MR) is 124 cm³/mol. The van der Waals surface area contributed by atoms with E-state index in [2.05, 4.69) is 5.32 Å². The number of benzene rings is 2. The van der Waals surface area contributed by atoms with Crippen molar-refractivity contribution in [2.75, 3.05) is 17.5 Å². The van der Waals surface area contributed by atoms with Crippen LogP contribution in [0, 0.1) is 0 Å². The molecular weight excluding hydrogens is 459 g/mol. The van der Waals surface area contributed by atoms with Gasteiger partial charge < -0.3 is 9.84 Å². The number of hydrogen-bond acceptors (Lipinski definition) is 5. The van der Waals surface area contributed by atoms with Crippen LogP contribution in [0.2, 0.25) is 10.0 Å². The minimum atomic E-state index is -3.91. The van der Waals surface area contributed by atoms with Gasteiger partial charge in [-0.25, -0.2) is 8.42 Å². The Kier molecular flexibility index (Phi) is 8.61. The van der Waals surface area contributed by atoms with E-state index in [1.807, 2.05) is 6.92 Å². The second-order valence-corrected chi connectivity index (χ2v) is 10.3. The summed E-state index contributed by atoms with van der Waals surface area (Å²) in [4.78, 5) is 0.130. The average Bonchev–Trinajstić information content (AvgIpc) is 3.25. The molecule has 0 bridgehead atoms. The van der Waals surface area contributed by atoms with E-state index in [1.165, 1.54) is 16.4 Å². The van der Waals surface area contributed by atoms with Gasteiger partial charge in [0.05, 0.1) is 17.2 Å². The number of halogens is 2. The number of aliphatic hydroxyl groups is 1. The summed E-state index contributed by atoms with van der Waals surface area (Å²) in [5.74, 6) is 0. The van der Waals surface area contributed by atoms with Crippen LogP contribution in [0.5, 0.6) is 0 Å². The van der Waals surface area contributed by atoms with Crippen molar-refractivity contribution in [2.45, 2.75) is 56.4 Å². The highest BCUT2D eigenvalue weighted by Gasteiger charge is 2.31. The summed E-state index contributed by atoms with van der Waals surface area (Å²) in [7, 11) is -3.91. The van der Waals surface area contributed by atoms with Gasteiger partial charge in [-0.15, -0.1) is 0 Å². The zero-order valence-electron chi connectivity index (χ0n) is 17.4. The standard InChI is InChI=1S/C22H28Cl2N2O4S/c1-16(4-2-12-25-22-5-3-13-30-22)26(21-14-19(24)7-6-17(21)15-27)31(28,29)20-10-8-18(23)9-11-20/h6-11,14,16,22,25,27H,2-5,12-13,15H2,1H3/t16-,22?/m1/s1. The van der Waals surface area contributed by atoms with Crippen LogP contribution in [0.1, 0.15) is 38.2 Å². The number of aliphatic hydroxyl groups excluding tert-OH is 1. The van der Waals surface area contributed by atoms with Gasteiger partial charge in [0, 0.05) is 28.3 Å². The molecule has 2 atom stereocenters. The molecular formula is C22H28Cl2N2O4S. The molecule has 0 amide bonds. The maximum atomic E-state index is 13.6. The molecule has 0 aliphatic carbocycles. The van der Waals surface area contributed by atoms with Gasteiger partial charge in [-0.05, 0) is 75.5 Å². The summed E-state index contributed by atoms with van der Waals surface area (Å²) in [6.45, 7) is 3.07. The second kappa shape index (κ2) is 11.0. The zero-order valence-corrected chi connectivity index (χ0v) is 19.8. The lowest BCUT2D eigenvalue weighted by Gasteiger charge is -2.32. The van der Waals surface area contributed by atoms with Crippen molar-refractivity contribution in [3.05, 3.63) is 58.1 Å². The van der Waals surface area contributed by atoms with Crippen molar-refractivity contribution in [1.29, 1.82) is 0 Å². The van der Waals surface area contributed by atoms with Gasteiger partial charge in [0.25, 0.3) is 10.0 Å². The largest absolute Gasteiger partial charge is 0.392 e. The summed E-state index contributed by atoms with van der Waals surface area (Å²) < 4.78 is 34.2. The first-order valence-corrected chi connectivity index (χ1v) is 12.6. The molecule has 3 rings (SSSR count). The molecule has 6 nitrogen and oxygen atoms in total. The van der Waals surface area contributed by atoms with Gasteiger partial charge in [-0.3, -0.25) is 9.62 Å². The van der Waals surface area contributed by atoms with E-state index in [0.29, 0.717) is 27.7 Å². The van der Waals surface area contributed by atoms with Crippen LogP contribution in [-0.4, -0.2) is 38.9 Å². The van der Waals surface area contributed by atoms with Crippen molar-refractivity contribution in [3.8, 4) is 0 Å². The number of nitrogens with one attached hydrogen (secondary N) is 1. The molecule has 0 radical (unpaired) electrons. The van der Waals surface area contributed by atoms with Crippen molar-refractivity contribution in [1.82, 2.24) is 5.32 Å². The van der Waals surface area contributed by atoms with Crippen LogP contribution in [0.15, 0.2) is 47.4 Å². The Bertz CT molecular complexity index is 964. The van der Waals surface area contributed by atoms with Crippen molar-refractivity contribution < 1.29 is 18.3 Å². The SMILES string of the molecule is C[C@H](CCCNC1CCCO1)N(c1cc(Cl)ccc1CO)S(=O)(=O)c1ccc(Cl)cc1. The fraction of sp³-hybridized carbons (Fsp3) is 0.455. The minimum absolute atomic E-state index is 0.0816. The monoisotopic (exact) mass is 486 g/mol. The molecule has 2 aromatic carbocycles. The highest BCUT2D eigenvalue weighted by molar-refractivity contribution is 7.92. The van der Waals surface area contributed by atoms with Gasteiger partial charge in [0.1, 0.15) is 6.23 Å². The van der Waals surface area contributed by atoms with E-state index in [0.717, 1.165) is 32.4 Å². The molecule has 1 aliphatic heterocycles. The molecule has 0 saturated carbocycles. The third-order valence-corrected chi connectivity index (χ3v) is 7.76. The van der Waals surface area contributed by atoms with E-state index in [9.17, 15) is 13.5 Å². The topological polar surface area (TPSA) is 78.9 Å². The molecule has 0 spiro atoms. The minimum Gasteiger partial charge on any atom is -0.392 e. The molecule has 31 heavy (non-hydrogen) atoms. The molecule has 2 N–H and O–H groups in total. The first-order valence-electron chi connectivity index (χ1n) is 10.4. The molecule has 1 heterocycles. The van der Waals surface area contributed by atoms with Gasteiger partial charge in [-0.1, -0.05) is 29.3 Å². The summed E-state index contributed by atoms with van der Waals surface area (Å²) in [5, 5.41) is 14.1. The van der Waals surface area contributed by atoms with Gasteiger partial charge in [0.15, 0.2) is 0 Å². The van der Waals surface area contributed by atoms with Gasteiger partial charge in [0.2, 0.25) is 0 Å². The Morgan fingerprint density at radius 2 is 1.90 bits per heavy atom. The zero-order chi connectivity index (χ0) is 22.4. The van der Waals surface area contributed by atoms with Crippen LogP contribution in [0.25, 0.3) is 0 Å². The summed E-state index contributed by atoms with van der Waals surface area (Å²) in [6.07, 6.45) is 3.51. The Morgan fingerprint density at radius 3 is 2.55 bits per heavy atom. The van der Waals surface area contributed by atoms with E-state index in [4.69, 9.17) is 27.9 Å². The molecule has 0 aromatic heterocycles. The van der Waals surface area contributed by atoms with E-state index >= 15 is 0 Å². The summed E-state index contributed by atoms with van der Waals surface area (Å²) >= 11 is 12.1. The number of nitrogens with zero attached hydrogens (tertiary/aromatic N) is 1. The molecule has 1 aliphatic rings. The van der Waals surface area contributed by atoms with Crippen LogP contribution >= 0.6 is 23.2 Å². The molecule has 2 aromatic rings. The van der Waals surface area contributed by atoms with Crippen molar-refractivity contribution >= 4 is 38.9 Å². The lowest BCUT2D eigenvalue weighted by Crippen LogP contribution is -2.40. The number of ether oxygens (including phenoxy) is 1. The molecule has 9 heteroatoms. The summed E-state index contributed by atoms with van der Waals surface area (Å²) in [6, 6.07) is 10.6.